The van der Waals surface area contributed by atoms with Crippen molar-refractivity contribution in [1.29, 1.82) is 0 Å². The largest absolute Gasteiger partial charge is 0.385 e. The number of hydrogen-bond donors (Lipinski definition) is 2. The van der Waals surface area contributed by atoms with Gasteiger partial charge >= 0.3 is 0 Å². The van der Waals surface area contributed by atoms with Crippen LogP contribution in [0.25, 0.3) is 0 Å². The number of halogens is 2. The second kappa shape index (κ2) is 6.78. The van der Waals surface area contributed by atoms with Crippen LogP contribution in [0.4, 0.5) is 8.78 Å². The van der Waals surface area contributed by atoms with Gasteiger partial charge in [0.1, 0.15) is 11.6 Å². The smallest absolute Gasteiger partial charge is 0.130 e. The van der Waals surface area contributed by atoms with Gasteiger partial charge in [-0.15, -0.1) is 0 Å². The van der Waals surface area contributed by atoms with Crippen molar-refractivity contribution in [2.75, 3.05) is 13.7 Å². The van der Waals surface area contributed by atoms with Crippen molar-refractivity contribution in [2.24, 2.45) is 11.8 Å². The summed E-state index contributed by atoms with van der Waals surface area (Å²) in [6.07, 6.45) is 0.737. The number of nitrogens with one attached hydrogen (secondary N) is 1. The maximum Gasteiger partial charge on any atom is 0.130 e. The lowest BCUT2D eigenvalue weighted by molar-refractivity contribution is 0.169. The highest BCUT2D eigenvalue weighted by molar-refractivity contribution is 5.28. The van der Waals surface area contributed by atoms with Gasteiger partial charge in [-0.2, -0.15) is 0 Å². The van der Waals surface area contributed by atoms with Crippen molar-refractivity contribution < 1.29 is 13.5 Å². The zero-order chi connectivity index (χ0) is 13.7. The zero-order valence-electron chi connectivity index (χ0n) is 11.0. The quantitative estimate of drug-likeness (QED) is 0.608. The molecular formula is C13H20F2N2O. The monoisotopic (exact) mass is 258 g/mol. The molecule has 0 aliphatic heterocycles. The first kappa shape index (κ1) is 15.0. The molecule has 18 heavy (non-hydrogen) atoms. The van der Waals surface area contributed by atoms with Gasteiger partial charge in [0, 0.05) is 25.3 Å². The first-order chi connectivity index (χ1) is 8.51. The van der Waals surface area contributed by atoms with Gasteiger partial charge in [-0.25, -0.2) is 8.78 Å². The van der Waals surface area contributed by atoms with Gasteiger partial charge in [-0.3, -0.25) is 11.3 Å². The lowest BCUT2D eigenvalue weighted by Crippen LogP contribution is -2.33. The summed E-state index contributed by atoms with van der Waals surface area (Å²) in [4.78, 5) is 0. The number of hydrazine groups is 1. The van der Waals surface area contributed by atoms with E-state index in [4.69, 9.17) is 10.6 Å². The molecule has 0 heterocycles. The molecule has 0 aliphatic carbocycles. The van der Waals surface area contributed by atoms with Crippen molar-refractivity contribution in [2.45, 2.75) is 26.3 Å². The lowest BCUT2D eigenvalue weighted by Gasteiger charge is -2.24. The Balaban J connectivity index is 2.97. The Morgan fingerprint density at radius 2 is 2.00 bits per heavy atom. The van der Waals surface area contributed by atoms with E-state index in [2.05, 4.69) is 5.43 Å². The summed E-state index contributed by atoms with van der Waals surface area (Å²) in [5, 5.41) is 0. The van der Waals surface area contributed by atoms with Gasteiger partial charge in [0.15, 0.2) is 0 Å². The predicted octanol–water partition coefficient (Wildman–Crippen LogP) is 2.45. The van der Waals surface area contributed by atoms with Gasteiger partial charge in [0.2, 0.25) is 0 Å². The molecule has 102 valence electrons. The molecule has 0 amide bonds. The molecule has 1 aromatic carbocycles. The van der Waals surface area contributed by atoms with Crippen molar-refractivity contribution in [1.82, 2.24) is 5.43 Å². The molecule has 2 unspecified atom stereocenters. The summed E-state index contributed by atoms with van der Waals surface area (Å²) in [6, 6.07) is 2.04. The third kappa shape index (κ3) is 3.48. The SMILES string of the molecule is COCCC(C)C(NN)c1cc(C)c(F)cc1F. The number of ether oxygens (including phenoxy) is 1. The van der Waals surface area contributed by atoms with E-state index in [1.807, 2.05) is 6.92 Å². The maximum absolute atomic E-state index is 13.8. The molecule has 3 N–H and O–H groups in total. The lowest BCUT2D eigenvalue weighted by atomic mass is 9.91. The Morgan fingerprint density at radius 3 is 2.56 bits per heavy atom. The van der Waals surface area contributed by atoms with Crippen LogP contribution in [-0.2, 0) is 4.74 Å². The summed E-state index contributed by atoms with van der Waals surface area (Å²) in [5.74, 6) is 4.44. The van der Waals surface area contributed by atoms with Crippen molar-refractivity contribution >= 4 is 0 Å². The predicted molar refractivity (Wildman–Crippen MR) is 66.8 cm³/mol. The minimum absolute atomic E-state index is 0.0781. The molecule has 2 atom stereocenters. The molecule has 0 aromatic heterocycles. The third-order valence-electron chi connectivity index (χ3n) is 3.14. The van der Waals surface area contributed by atoms with Crippen molar-refractivity contribution in [3.63, 3.8) is 0 Å². The molecule has 0 bridgehead atoms. The van der Waals surface area contributed by atoms with E-state index in [9.17, 15) is 8.78 Å². The van der Waals surface area contributed by atoms with Gasteiger partial charge in [0.05, 0.1) is 6.04 Å². The van der Waals surface area contributed by atoms with E-state index in [0.717, 1.165) is 12.5 Å². The maximum atomic E-state index is 13.8. The van der Waals surface area contributed by atoms with Crippen LogP contribution in [0.3, 0.4) is 0 Å². The standard InChI is InChI=1S/C13H20F2N2O/c1-8(4-5-18-3)13(17-16)10-6-9(2)11(14)7-12(10)15/h6-8,13,17H,4-5,16H2,1-3H3. The van der Waals surface area contributed by atoms with E-state index in [-0.39, 0.29) is 12.0 Å². The zero-order valence-corrected chi connectivity index (χ0v) is 11.0. The fraction of sp³-hybridized carbons (Fsp3) is 0.538. The molecule has 1 rings (SSSR count). The molecule has 0 saturated heterocycles. The minimum Gasteiger partial charge on any atom is -0.385 e. The van der Waals surface area contributed by atoms with Gasteiger partial charge in [-0.05, 0) is 30.9 Å². The summed E-state index contributed by atoms with van der Waals surface area (Å²) in [6.45, 7) is 4.12. The highest BCUT2D eigenvalue weighted by atomic mass is 19.1. The second-order valence-corrected chi connectivity index (χ2v) is 4.53. The van der Waals surface area contributed by atoms with E-state index < -0.39 is 11.6 Å². The normalized spacial score (nSPS) is 14.6. The molecule has 1 aromatic rings. The Bertz CT molecular complexity index is 399. The first-order valence-corrected chi connectivity index (χ1v) is 5.91. The number of hydrogen-bond acceptors (Lipinski definition) is 3. The van der Waals surface area contributed by atoms with Crippen LogP contribution in [0, 0.1) is 24.5 Å². The average Bonchev–Trinajstić information content (AvgIpc) is 2.33. The topological polar surface area (TPSA) is 47.3 Å². The molecule has 5 heteroatoms. The molecule has 0 radical (unpaired) electrons. The second-order valence-electron chi connectivity index (χ2n) is 4.53. The summed E-state index contributed by atoms with van der Waals surface area (Å²) in [5.41, 5.74) is 3.39. The number of aryl methyl sites for hydroxylation is 1. The number of benzene rings is 1. The first-order valence-electron chi connectivity index (χ1n) is 5.91. The highest BCUT2D eigenvalue weighted by Gasteiger charge is 2.22. The van der Waals surface area contributed by atoms with Crippen LogP contribution in [-0.4, -0.2) is 13.7 Å². The number of rotatable bonds is 6. The molecule has 3 nitrogen and oxygen atoms in total. The van der Waals surface area contributed by atoms with E-state index in [1.54, 1.807) is 14.0 Å². The van der Waals surface area contributed by atoms with Crippen molar-refractivity contribution in [3.05, 3.63) is 34.9 Å². The summed E-state index contributed by atoms with van der Waals surface area (Å²) >= 11 is 0. The Morgan fingerprint density at radius 1 is 1.33 bits per heavy atom. The van der Waals surface area contributed by atoms with Crippen LogP contribution in [0.15, 0.2) is 12.1 Å². The minimum atomic E-state index is -0.578. The van der Waals surface area contributed by atoms with Gasteiger partial charge in [-0.1, -0.05) is 6.92 Å². The Kier molecular flexibility index (Phi) is 5.65. The van der Waals surface area contributed by atoms with Crippen LogP contribution in [0.5, 0.6) is 0 Å². The highest BCUT2D eigenvalue weighted by Crippen LogP contribution is 2.27. The van der Waals surface area contributed by atoms with E-state index in [0.29, 0.717) is 17.7 Å². The molecule has 0 spiro atoms. The molecule has 0 fully saturated rings. The number of nitrogens with two attached hydrogens (primary N) is 1. The van der Waals surface area contributed by atoms with Crippen LogP contribution >= 0.6 is 0 Å². The molecule has 0 aliphatic rings. The van der Waals surface area contributed by atoms with Crippen molar-refractivity contribution in [3.8, 4) is 0 Å². The Hall–Kier alpha value is -1.04. The molecular weight excluding hydrogens is 238 g/mol. The van der Waals surface area contributed by atoms with Crippen LogP contribution < -0.4 is 11.3 Å². The van der Waals surface area contributed by atoms with E-state index in [1.165, 1.54) is 6.07 Å². The molecule has 0 saturated carbocycles. The van der Waals surface area contributed by atoms with Gasteiger partial charge in [0.25, 0.3) is 0 Å². The fourth-order valence-corrected chi connectivity index (χ4v) is 1.95. The summed E-state index contributed by atoms with van der Waals surface area (Å²) in [7, 11) is 1.61. The summed E-state index contributed by atoms with van der Waals surface area (Å²) < 4.78 is 32.0. The van der Waals surface area contributed by atoms with Gasteiger partial charge < -0.3 is 4.74 Å². The Labute approximate surface area is 106 Å². The average molecular weight is 258 g/mol. The fourth-order valence-electron chi connectivity index (χ4n) is 1.95. The third-order valence-corrected chi connectivity index (χ3v) is 3.14. The number of methoxy groups -OCH3 is 1. The van der Waals surface area contributed by atoms with Crippen LogP contribution in [0.2, 0.25) is 0 Å². The van der Waals surface area contributed by atoms with E-state index >= 15 is 0 Å². The van der Waals surface area contributed by atoms with Crippen LogP contribution in [0.1, 0.15) is 30.5 Å².